The van der Waals surface area contributed by atoms with Gasteiger partial charge in [0, 0.05) is 78.8 Å². The Balaban J connectivity index is 0.000000157. The van der Waals surface area contributed by atoms with Crippen molar-refractivity contribution in [3.05, 3.63) is 66.3 Å². The highest BCUT2D eigenvalue weighted by molar-refractivity contribution is 7.99. The first kappa shape index (κ1) is 37.8. The summed E-state index contributed by atoms with van der Waals surface area (Å²) in [6.07, 6.45) is 10.8. The first-order valence-electron chi connectivity index (χ1n) is 18.6. The van der Waals surface area contributed by atoms with E-state index < -0.39 is 0 Å². The number of piperidine rings is 1. The van der Waals surface area contributed by atoms with Gasteiger partial charge in [0.15, 0.2) is 5.82 Å². The number of nitrogens with one attached hydrogen (secondary N) is 1. The van der Waals surface area contributed by atoms with Gasteiger partial charge in [0.05, 0.1) is 54.6 Å². The smallest absolute Gasteiger partial charge is 0.158 e. The quantitative estimate of drug-likeness (QED) is 0.178. The summed E-state index contributed by atoms with van der Waals surface area (Å²) < 4.78 is 13.3. The number of rotatable bonds is 6. The van der Waals surface area contributed by atoms with Crippen molar-refractivity contribution >= 4 is 57.5 Å². The van der Waals surface area contributed by atoms with Crippen LogP contribution in [0.15, 0.2) is 71.2 Å². The van der Waals surface area contributed by atoms with E-state index >= 15 is 0 Å². The van der Waals surface area contributed by atoms with Crippen molar-refractivity contribution in [2.24, 2.45) is 18.2 Å². The van der Waals surface area contributed by atoms with E-state index in [-0.39, 0.29) is 29.4 Å². The lowest BCUT2D eigenvalue weighted by molar-refractivity contribution is 0.0974. The number of anilines is 4. The van der Waals surface area contributed by atoms with Crippen LogP contribution in [0.25, 0.3) is 33.5 Å². The lowest BCUT2D eigenvalue weighted by Gasteiger charge is -2.41. The average molecular weight is 797 g/mol. The molecule has 0 saturated carbocycles. The van der Waals surface area contributed by atoms with Crippen molar-refractivity contribution in [1.82, 2.24) is 44.9 Å². The van der Waals surface area contributed by atoms with Crippen molar-refractivity contribution in [3.63, 3.8) is 0 Å². The minimum atomic E-state index is 0.0721. The number of ether oxygens (including phenoxy) is 2. The number of aromatic amines is 1. The van der Waals surface area contributed by atoms with Crippen molar-refractivity contribution in [2.45, 2.75) is 54.8 Å². The molecule has 56 heavy (non-hydrogen) atoms. The van der Waals surface area contributed by atoms with E-state index in [0.717, 1.165) is 89.2 Å². The molecular formula is C38H45ClN14O2S. The predicted octanol–water partition coefficient (Wildman–Crippen LogP) is 4.82. The zero-order valence-corrected chi connectivity index (χ0v) is 33.0. The van der Waals surface area contributed by atoms with E-state index in [2.05, 4.69) is 64.9 Å². The third-order valence-electron chi connectivity index (χ3n) is 11.0. The number of hydrogen-bond acceptors (Lipinski definition) is 15. The van der Waals surface area contributed by atoms with Gasteiger partial charge in [0.1, 0.15) is 33.7 Å². The number of aryl methyl sites for hydroxylation is 1. The minimum absolute atomic E-state index is 0.0721. The Bertz CT molecular complexity index is 2320. The standard InChI is InChI=1S/C20H21N7O.C18H24ClN7OS/c1-13-12-28-10-9-27(13)18-11-15(17-5-8-23-26(17)2)14-3-6-21-20(19(14)24-18)16-4-7-22-25-16;1-10-14(20)18(9-27-10)3-6-26(7-4-18)12-8-24-17(16(22)25-12)28-11-2-5-23-15(21)13(11)19/h3-8,11,13H,9-10,12H2,1-2H3,(H,22,25);2,5,8,10,14H,3-4,6-7,9,20H2,1H3,(H2,21,23)(H2,22,25). The number of morpholine rings is 1. The summed E-state index contributed by atoms with van der Waals surface area (Å²) in [6.45, 7) is 8.87. The summed E-state index contributed by atoms with van der Waals surface area (Å²) in [5.41, 5.74) is 23.0. The molecule has 0 aromatic carbocycles. The Morgan fingerprint density at radius 1 is 0.946 bits per heavy atom. The van der Waals surface area contributed by atoms with Crippen LogP contribution in [0.1, 0.15) is 26.7 Å². The van der Waals surface area contributed by atoms with Crippen LogP contribution in [-0.4, -0.2) is 103 Å². The molecule has 18 heteroatoms. The molecule has 9 rings (SSSR count). The summed E-state index contributed by atoms with van der Waals surface area (Å²) in [4.78, 5) is 27.9. The van der Waals surface area contributed by atoms with Gasteiger partial charge in [0.2, 0.25) is 0 Å². The maximum absolute atomic E-state index is 6.39. The fourth-order valence-electron chi connectivity index (χ4n) is 7.68. The van der Waals surface area contributed by atoms with E-state index in [1.807, 2.05) is 42.3 Å². The van der Waals surface area contributed by atoms with Crippen LogP contribution in [0.5, 0.6) is 0 Å². The van der Waals surface area contributed by atoms with Crippen molar-refractivity contribution in [2.75, 3.05) is 60.7 Å². The molecule has 3 aliphatic heterocycles. The van der Waals surface area contributed by atoms with Crippen LogP contribution < -0.4 is 27.0 Å². The zero-order chi connectivity index (χ0) is 39.0. The fourth-order valence-corrected chi connectivity index (χ4v) is 8.69. The fraction of sp³-hybridized carbons (Fsp3) is 0.395. The Labute approximate surface area is 333 Å². The maximum Gasteiger partial charge on any atom is 0.158 e. The summed E-state index contributed by atoms with van der Waals surface area (Å²) in [5.74, 6) is 2.34. The number of nitrogens with two attached hydrogens (primary N) is 3. The second kappa shape index (κ2) is 15.8. The number of H-pyrrole nitrogens is 1. The largest absolute Gasteiger partial charge is 0.382 e. The summed E-state index contributed by atoms with van der Waals surface area (Å²) >= 11 is 7.53. The van der Waals surface area contributed by atoms with E-state index in [1.165, 1.54) is 11.8 Å². The van der Waals surface area contributed by atoms with Crippen molar-refractivity contribution < 1.29 is 9.47 Å². The molecule has 0 aliphatic carbocycles. The van der Waals surface area contributed by atoms with Crippen LogP contribution in [0.3, 0.4) is 0 Å². The van der Waals surface area contributed by atoms with Gasteiger partial charge in [0.25, 0.3) is 0 Å². The first-order chi connectivity index (χ1) is 27.1. The molecule has 1 spiro atoms. The van der Waals surface area contributed by atoms with Gasteiger partial charge in [-0.25, -0.2) is 19.9 Å². The summed E-state index contributed by atoms with van der Waals surface area (Å²) in [7, 11) is 1.95. The lowest BCUT2D eigenvalue weighted by atomic mass is 9.73. The van der Waals surface area contributed by atoms with Gasteiger partial charge in [-0.15, -0.1) is 0 Å². The molecule has 7 N–H and O–H groups in total. The maximum atomic E-state index is 6.39. The monoisotopic (exact) mass is 796 g/mol. The zero-order valence-electron chi connectivity index (χ0n) is 31.5. The molecule has 3 saturated heterocycles. The van der Waals surface area contributed by atoms with Crippen LogP contribution in [-0.2, 0) is 16.5 Å². The summed E-state index contributed by atoms with van der Waals surface area (Å²) in [6, 6.07) is 10.2. The highest BCUT2D eigenvalue weighted by Gasteiger charge is 2.47. The molecule has 0 radical (unpaired) electrons. The minimum Gasteiger partial charge on any atom is -0.382 e. The molecule has 292 valence electrons. The molecule has 3 unspecified atom stereocenters. The van der Waals surface area contributed by atoms with Crippen LogP contribution in [0.2, 0.25) is 5.02 Å². The number of aromatic nitrogens is 9. The lowest BCUT2D eigenvalue weighted by Crippen LogP contribution is -2.50. The third-order valence-corrected chi connectivity index (χ3v) is 12.6. The molecule has 0 amide bonds. The van der Waals surface area contributed by atoms with Gasteiger partial charge in [-0.3, -0.25) is 14.8 Å². The molecule has 3 atom stereocenters. The molecular weight excluding hydrogens is 752 g/mol. The molecule has 6 aromatic rings. The van der Waals surface area contributed by atoms with Crippen molar-refractivity contribution in [3.8, 4) is 22.6 Å². The Morgan fingerprint density at radius 2 is 1.77 bits per heavy atom. The van der Waals surface area contributed by atoms with Gasteiger partial charge >= 0.3 is 0 Å². The van der Waals surface area contributed by atoms with E-state index in [0.29, 0.717) is 29.1 Å². The van der Waals surface area contributed by atoms with E-state index in [1.54, 1.807) is 24.7 Å². The van der Waals surface area contributed by atoms with Crippen LogP contribution in [0, 0.1) is 5.41 Å². The van der Waals surface area contributed by atoms with Gasteiger partial charge < -0.3 is 36.5 Å². The first-order valence-corrected chi connectivity index (χ1v) is 19.8. The van der Waals surface area contributed by atoms with Crippen LogP contribution in [0.4, 0.5) is 23.3 Å². The average Bonchev–Trinajstić information content (AvgIpc) is 3.97. The Kier molecular flexibility index (Phi) is 10.7. The second-order valence-electron chi connectivity index (χ2n) is 14.4. The molecule has 0 bridgehead atoms. The Morgan fingerprint density at radius 3 is 2.46 bits per heavy atom. The number of nitrogen functional groups attached to an aromatic ring is 2. The predicted molar refractivity (Wildman–Crippen MR) is 218 cm³/mol. The number of halogens is 1. The topological polar surface area (TPSA) is 214 Å². The van der Waals surface area contributed by atoms with E-state index in [4.69, 9.17) is 43.3 Å². The van der Waals surface area contributed by atoms with Crippen LogP contribution >= 0.6 is 23.4 Å². The highest BCUT2D eigenvalue weighted by atomic mass is 35.5. The van der Waals surface area contributed by atoms with Gasteiger partial charge in [-0.1, -0.05) is 23.4 Å². The highest BCUT2D eigenvalue weighted by Crippen LogP contribution is 2.42. The van der Waals surface area contributed by atoms with E-state index in [9.17, 15) is 0 Å². The van der Waals surface area contributed by atoms with Crippen molar-refractivity contribution in [1.29, 1.82) is 0 Å². The molecule has 3 aliphatic rings. The number of hydrogen-bond donors (Lipinski definition) is 4. The molecule has 6 aromatic heterocycles. The second-order valence-corrected chi connectivity index (χ2v) is 15.8. The third kappa shape index (κ3) is 7.32. The number of fused-ring (bicyclic) bond motifs is 1. The number of nitrogens with zero attached hydrogens (tertiary/aromatic N) is 10. The molecule has 9 heterocycles. The van der Waals surface area contributed by atoms with Gasteiger partial charge in [-0.2, -0.15) is 10.2 Å². The number of pyridine rings is 3. The molecule has 3 fully saturated rings. The Hall–Kier alpha value is -5.07. The SMILES string of the molecule is CC1COCCN1c1cc(-c2ccnn2C)c2ccnc(-c3ccn[nH]3)c2n1.CC1OCC2(CCN(c3cnc(Sc4ccnc(N)c4Cl)c(N)n3)CC2)C1N. The summed E-state index contributed by atoms with van der Waals surface area (Å²) in [5, 5.41) is 13.5. The van der Waals surface area contributed by atoms with Gasteiger partial charge in [-0.05, 0) is 57.0 Å². The normalized spacial score (nSPS) is 20.7. The molecule has 16 nitrogen and oxygen atoms in total.